The maximum Gasteiger partial charge on any atom is 0.361 e. The average molecular weight is 191 g/mol. The molecule has 0 radical (unpaired) electrons. The van der Waals surface area contributed by atoms with Crippen LogP contribution in [0.4, 0.5) is 0 Å². The van der Waals surface area contributed by atoms with Crippen molar-refractivity contribution in [3.05, 3.63) is 30.3 Å². The van der Waals surface area contributed by atoms with Gasteiger partial charge in [-0.15, -0.1) is 0 Å². The number of esters is 1. The monoisotopic (exact) mass is 191 g/mol. The second kappa shape index (κ2) is 3.91. The molecule has 2 rings (SSSR count). The second-order valence-electron chi connectivity index (χ2n) is 2.82. The first-order valence-corrected chi connectivity index (χ1v) is 4.32. The number of benzene rings is 1. The molecule has 0 fully saturated rings. The highest BCUT2D eigenvalue weighted by atomic mass is 16.6. The predicted octanol–water partition coefficient (Wildman–Crippen LogP) is 1.37. The second-order valence-corrected chi connectivity index (χ2v) is 2.82. The van der Waals surface area contributed by atoms with Crippen molar-refractivity contribution in [2.75, 3.05) is 6.61 Å². The smallest absolute Gasteiger partial charge is 0.361 e. The molecule has 4 heteroatoms. The summed E-state index contributed by atoms with van der Waals surface area (Å²) in [6, 6.07) is 8.89. The molecule has 0 amide bonds. The first kappa shape index (κ1) is 8.74. The Morgan fingerprint density at radius 2 is 2.14 bits per heavy atom. The molecule has 1 aliphatic rings. The van der Waals surface area contributed by atoms with Crippen LogP contribution in [0.3, 0.4) is 0 Å². The van der Waals surface area contributed by atoms with Gasteiger partial charge in [-0.3, -0.25) is 0 Å². The maximum atomic E-state index is 11.4. The summed E-state index contributed by atoms with van der Waals surface area (Å²) in [5.74, 6) is 0.0841. The van der Waals surface area contributed by atoms with Crippen LogP contribution in [-0.4, -0.2) is 18.3 Å². The molecule has 0 aliphatic carbocycles. The topological polar surface area (TPSA) is 47.9 Å². The number of ether oxygens (including phenoxy) is 1. The molecule has 1 heterocycles. The van der Waals surface area contributed by atoms with Crippen LogP contribution in [0.25, 0.3) is 0 Å². The lowest BCUT2D eigenvalue weighted by atomic mass is 10.3. The molecule has 0 saturated heterocycles. The summed E-state index contributed by atoms with van der Waals surface area (Å²) in [4.78, 5) is 16.1. The summed E-state index contributed by atoms with van der Waals surface area (Å²) < 4.78 is 5.05. The highest BCUT2D eigenvalue weighted by Crippen LogP contribution is 2.10. The van der Waals surface area contributed by atoms with E-state index in [2.05, 4.69) is 5.16 Å². The fraction of sp³-hybridized carbons (Fsp3) is 0.200. The number of oxime groups is 1. The van der Waals surface area contributed by atoms with Crippen LogP contribution in [-0.2, 0) is 9.63 Å². The van der Waals surface area contributed by atoms with Crippen molar-refractivity contribution in [2.45, 2.75) is 6.42 Å². The highest BCUT2D eigenvalue weighted by molar-refractivity contribution is 6.37. The van der Waals surface area contributed by atoms with Gasteiger partial charge in [0.2, 0.25) is 0 Å². The highest BCUT2D eigenvalue weighted by Gasteiger charge is 2.18. The molecule has 1 aromatic rings. The standard InChI is InChI=1S/C10H9NO3/c12-10(9-6-7-13-11-9)14-8-4-2-1-3-5-8/h1-5H,6-7H2. The quantitative estimate of drug-likeness (QED) is 0.524. The van der Waals surface area contributed by atoms with Gasteiger partial charge in [-0.1, -0.05) is 23.4 Å². The number of carbonyl (C=O) groups is 1. The Bertz CT molecular complexity index is 359. The zero-order chi connectivity index (χ0) is 9.80. The van der Waals surface area contributed by atoms with Crippen LogP contribution in [0.2, 0.25) is 0 Å². The molecular weight excluding hydrogens is 182 g/mol. The first-order chi connectivity index (χ1) is 6.86. The number of para-hydroxylation sites is 1. The van der Waals surface area contributed by atoms with Gasteiger partial charge in [-0.05, 0) is 12.1 Å². The molecule has 72 valence electrons. The third kappa shape index (κ3) is 1.90. The van der Waals surface area contributed by atoms with Crippen molar-refractivity contribution < 1.29 is 14.4 Å². The Morgan fingerprint density at radius 3 is 2.79 bits per heavy atom. The summed E-state index contributed by atoms with van der Waals surface area (Å²) in [7, 11) is 0. The van der Waals surface area contributed by atoms with E-state index in [1.165, 1.54) is 0 Å². The minimum atomic E-state index is -0.436. The van der Waals surface area contributed by atoms with Crippen LogP contribution in [0.1, 0.15) is 6.42 Å². The fourth-order valence-corrected chi connectivity index (χ4v) is 1.11. The third-order valence-electron chi connectivity index (χ3n) is 1.79. The summed E-state index contributed by atoms with van der Waals surface area (Å²) in [5, 5.41) is 3.57. The first-order valence-electron chi connectivity index (χ1n) is 4.32. The molecule has 0 N–H and O–H groups in total. The number of hydrogen-bond acceptors (Lipinski definition) is 4. The molecule has 1 aliphatic heterocycles. The number of hydrogen-bond donors (Lipinski definition) is 0. The van der Waals surface area contributed by atoms with Gasteiger partial charge in [-0.2, -0.15) is 0 Å². The molecule has 0 bridgehead atoms. The molecule has 1 aromatic carbocycles. The van der Waals surface area contributed by atoms with Gasteiger partial charge in [0, 0.05) is 6.42 Å². The SMILES string of the molecule is O=C(Oc1ccccc1)C1=NOCC1. The van der Waals surface area contributed by atoms with E-state index >= 15 is 0 Å². The van der Waals surface area contributed by atoms with E-state index in [0.29, 0.717) is 24.5 Å². The lowest BCUT2D eigenvalue weighted by molar-refractivity contribution is -0.127. The van der Waals surface area contributed by atoms with Gasteiger partial charge in [0.25, 0.3) is 0 Å². The Hall–Kier alpha value is -1.84. The van der Waals surface area contributed by atoms with Crippen molar-refractivity contribution in [1.29, 1.82) is 0 Å². The lowest BCUT2D eigenvalue weighted by Gasteiger charge is -2.01. The van der Waals surface area contributed by atoms with Crippen molar-refractivity contribution in [1.82, 2.24) is 0 Å². The maximum absolute atomic E-state index is 11.4. The van der Waals surface area contributed by atoms with Gasteiger partial charge < -0.3 is 9.57 Å². The summed E-state index contributed by atoms with van der Waals surface area (Å²) in [6.07, 6.45) is 0.520. The summed E-state index contributed by atoms with van der Waals surface area (Å²) >= 11 is 0. The predicted molar refractivity (Wildman–Crippen MR) is 50.1 cm³/mol. The van der Waals surface area contributed by atoms with E-state index < -0.39 is 5.97 Å². The molecule has 0 saturated carbocycles. The zero-order valence-electron chi connectivity index (χ0n) is 7.47. The van der Waals surface area contributed by atoms with Gasteiger partial charge >= 0.3 is 5.97 Å². The minimum absolute atomic E-state index is 0.342. The van der Waals surface area contributed by atoms with Crippen LogP contribution in [0.15, 0.2) is 35.5 Å². The Morgan fingerprint density at radius 1 is 1.36 bits per heavy atom. The van der Waals surface area contributed by atoms with E-state index in [1.54, 1.807) is 24.3 Å². The number of rotatable bonds is 2. The summed E-state index contributed by atoms with van der Waals surface area (Å²) in [6.45, 7) is 0.458. The van der Waals surface area contributed by atoms with Gasteiger partial charge in [0.15, 0.2) is 5.71 Å². The number of nitrogens with zero attached hydrogens (tertiary/aromatic N) is 1. The molecule has 0 aromatic heterocycles. The van der Waals surface area contributed by atoms with E-state index in [4.69, 9.17) is 9.57 Å². The molecule has 14 heavy (non-hydrogen) atoms. The van der Waals surface area contributed by atoms with Crippen LogP contribution in [0.5, 0.6) is 5.75 Å². The Kier molecular flexibility index (Phi) is 2.44. The van der Waals surface area contributed by atoms with E-state index in [-0.39, 0.29) is 0 Å². The molecule has 4 nitrogen and oxygen atoms in total. The van der Waals surface area contributed by atoms with E-state index in [1.807, 2.05) is 6.07 Å². The van der Waals surface area contributed by atoms with Crippen molar-refractivity contribution in [3.8, 4) is 5.75 Å². The third-order valence-corrected chi connectivity index (χ3v) is 1.79. The van der Waals surface area contributed by atoms with Gasteiger partial charge in [-0.25, -0.2) is 4.79 Å². The van der Waals surface area contributed by atoms with Crippen LogP contribution in [0, 0.1) is 0 Å². The van der Waals surface area contributed by atoms with Crippen molar-refractivity contribution in [2.24, 2.45) is 5.16 Å². The molecule has 0 unspecified atom stereocenters. The average Bonchev–Trinajstić information content (AvgIpc) is 2.72. The van der Waals surface area contributed by atoms with Gasteiger partial charge in [0.05, 0.1) is 0 Å². The largest absolute Gasteiger partial charge is 0.422 e. The van der Waals surface area contributed by atoms with Gasteiger partial charge in [0.1, 0.15) is 12.4 Å². The lowest BCUT2D eigenvalue weighted by Crippen LogP contribution is -2.18. The molecular formula is C10H9NO3. The number of carbonyl (C=O) groups excluding carboxylic acids is 1. The summed E-state index contributed by atoms with van der Waals surface area (Å²) in [5.41, 5.74) is 0.342. The Balaban J connectivity index is 2.01. The fourth-order valence-electron chi connectivity index (χ4n) is 1.11. The molecule has 0 spiro atoms. The molecule has 0 atom stereocenters. The van der Waals surface area contributed by atoms with E-state index in [9.17, 15) is 4.79 Å². The Labute approximate surface area is 81.1 Å². The van der Waals surface area contributed by atoms with Crippen LogP contribution < -0.4 is 4.74 Å². The zero-order valence-corrected chi connectivity index (χ0v) is 7.47. The minimum Gasteiger partial charge on any atom is -0.422 e. The van der Waals surface area contributed by atoms with E-state index in [0.717, 1.165) is 0 Å². The normalized spacial score (nSPS) is 14.4. The van der Waals surface area contributed by atoms with Crippen LogP contribution >= 0.6 is 0 Å². The van der Waals surface area contributed by atoms with Crippen molar-refractivity contribution >= 4 is 11.7 Å². The van der Waals surface area contributed by atoms with Crippen molar-refractivity contribution in [3.63, 3.8) is 0 Å².